The number of hydrogen-bond acceptors (Lipinski definition) is 7. The fourth-order valence-electron chi connectivity index (χ4n) is 2.99. The number of halogens is 4. The van der Waals surface area contributed by atoms with Crippen molar-refractivity contribution in [2.75, 3.05) is 24.2 Å². The zero-order chi connectivity index (χ0) is 23.7. The maximum atomic E-state index is 14.8. The van der Waals surface area contributed by atoms with Gasteiger partial charge in [-0.3, -0.25) is 9.36 Å². The smallest absolute Gasteiger partial charge is 0.343 e. The third-order valence-corrected chi connectivity index (χ3v) is 4.78. The van der Waals surface area contributed by atoms with E-state index in [4.69, 9.17) is 22.1 Å². The minimum absolute atomic E-state index is 0.0657. The molecular formula is C20H18ClF3N4O4. The largest absolute Gasteiger partial charge is 0.462 e. The van der Waals surface area contributed by atoms with Gasteiger partial charge in [0.1, 0.15) is 11.4 Å². The number of nitrogen functional groups attached to an aromatic ring is 1. The Morgan fingerprint density at radius 2 is 2.00 bits per heavy atom. The summed E-state index contributed by atoms with van der Waals surface area (Å²) in [4.78, 5) is 28.9. The van der Waals surface area contributed by atoms with Crippen LogP contribution in [0, 0.1) is 17.5 Å². The number of ether oxygens (including phenoxy) is 1. The number of nitrogens with two attached hydrogens (primary N) is 1. The summed E-state index contributed by atoms with van der Waals surface area (Å²) in [5, 5.41) is 11.3. The summed E-state index contributed by atoms with van der Waals surface area (Å²) in [7, 11) is 0. The van der Waals surface area contributed by atoms with Crippen molar-refractivity contribution in [2.24, 2.45) is 0 Å². The summed E-state index contributed by atoms with van der Waals surface area (Å²) in [6.45, 7) is 2.80. The Morgan fingerprint density at radius 1 is 1.31 bits per heavy atom. The molecule has 0 spiro atoms. The quantitative estimate of drug-likeness (QED) is 0.474. The van der Waals surface area contributed by atoms with E-state index < -0.39 is 52.2 Å². The molecule has 2 aromatic heterocycles. The predicted molar refractivity (Wildman–Crippen MR) is 113 cm³/mol. The van der Waals surface area contributed by atoms with Gasteiger partial charge in [0.15, 0.2) is 23.3 Å². The number of esters is 1. The number of carbonyl (C=O) groups is 1. The first-order valence-corrected chi connectivity index (χ1v) is 9.72. The van der Waals surface area contributed by atoms with E-state index in [0.29, 0.717) is 6.07 Å². The summed E-state index contributed by atoms with van der Waals surface area (Å²) < 4.78 is 48.8. The van der Waals surface area contributed by atoms with Crippen LogP contribution in [0.3, 0.4) is 0 Å². The predicted octanol–water partition coefficient (Wildman–Crippen LogP) is 3.01. The highest BCUT2D eigenvalue weighted by Crippen LogP contribution is 2.34. The van der Waals surface area contributed by atoms with Gasteiger partial charge >= 0.3 is 5.97 Å². The van der Waals surface area contributed by atoms with E-state index in [2.05, 4.69) is 10.3 Å². The number of carbonyl (C=O) groups excluding carboxylic acids is 1. The molecule has 0 saturated heterocycles. The number of aliphatic hydroxyl groups excluding tert-OH is 1. The van der Waals surface area contributed by atoms with Crippen molar-refractivity contribution in [3.8, 4) is 5.82 Å². The molecule has 12 heteroatoms. The Balaban J connectivity index is 2.45. The standard InChI is InChI=1S/C20H18ClF3N4O4/c1-3-32-20(31)10-7-28(19-13(24)5-12(23)18(25)27-19)16-9(17(10)30)4-11(22)15(14(16)21)26-6-8(2)29/h4-5,7-8,26,29H,3,6H2,1-2H3,(H2,25,27). The lowest BCUT2D eigenvalue weighted by atomic mass is 10.1. The summed E-state index contributed by atoms with van der Waals surface area (Å²) in [5.41, 5.74) is 3.48. The van der Waals surface area contributed by atoms with Gasteiger partial charge in [0, 0.05) is 18.8 Å². The van der Waals surface area contributed by atoms with Gasteiger partial charge in [-0.25, -0.2) is 22.9 Å². The Morgan fingerprint density at radius 3 is 2.62 bits per heavy atom. The molecule has 1 unspecified atom stereocenters. The highest BCUT2D eigenvalue weighted by molar-refractivity contribution is 6.38. The first-order valence-electron chi connectivity index (χ1n) is 9.35. The van der Waals surface area contributed by atoms with Crippen LogP contribution >= 0.6 is 11.6 Å². The summed E-state index contributed by atoms with van der Waals surface area (Å²) in [6, 6.07) is 1.27. The van der Waals surface area contributed by atoms with Gasteiger partial charge in [0.25, 0.3) is 0 Å². The van der Waals surface area contributed by atoms with Crippen LogP contribution in [0.1, 0.15) is 24.2 Å². The molecule has 8 nitrogen and oxygen atoms in total. The number of aromatic nitrogens is 2. The second-order valence-corrected chi connectivity index (χ2v) is 7.17. The lowest BCUT2D eigenvalue weighted by Crippen LogP contribution is -2.22. The van der Waals surface area contributed by atoms with Gasteiger partial charge < -0.3 is 20.9 Å². The first-order chi connectivity index (χ1) is 15.1. The molecule has 2 heterocycles. The van der Waals surface area contributed by atoms with Crippen LogP contribution in [0.2, 0.25) is 5.02 Å². The highest BCUT2D eigenvalue weighted by atomic mass is 35.5. The van der Waals surface area contributed by atoms with Crippen molar-refractivity contribution in [3.63, 3.8) is 0 Å². The number of pyridine rings is 2. The van der Waals surface area contributed by atoms with E-state index in [1.54, 1.807) is 0 Å². The molecule has 1 aromatic carbocycles. The SMILES string of the molecule is CCOC(=O)c1cn(-c2nc(N)c(F)cc2F)c2c(Cl)c(NCC(C)O)c(F)cc2c1=O. The Labute approximate surface area is 184 Å². The lowest BCUT2D eigenvalue weighted by Gasteiger charge is -2.18. The number of hydrogen-bond donors (Lipinski definition) is 3. The molecule has 4 N–H and O–H groups in total. The molecule has 3 aromatic rings. The average molecular weight is 471 g/mol. The molecule has 32 heavy (non-hydrogen) atoms. The van der Waals surface area contributed by atoms with Gasteiger partial charge in [0.05, 0.1) is 34.3 Å². The lowest BCUT2D eigenvalue weighted by molar-refractivity contribution is 0.0524. The number of nitrogens with zero attached hydrogens (tertiary/aromatic N) is 2. The van der Waals surface area contributed by atoms with Crippen LogP contribution in [-0.2, 0) is 4.74 Å². The molecule has 0 amide bonds. The van der Waals surface area contributed by atoms with Crippen LogP contribution in [0.5, 0.6) is 0 Å². The minimum Gasteiger partial charge on any atom is -0.462 e. The number of benzene rings is 1. The van der Waals surface area contributed by atoms with Gasteiger partial charge in [-0.2, -0.15) is 0 Å². The maximum Gasteiger partial charge on any atom is 0.343 e. The van der Waals surface area contributed by atoms with E-state index in [9.17, 15) is 27.9 Å². The molecule has 0 fully saturated rings. The third kappa shape index (κ3) is 4.21. The zero-order valence-corrected chi connectivity index (χ0v) is 17.6. The van der Waals surface area contributed by atoms with E-state index >= 15 is 0 Å². The Bertz CT molecular complexity index is 1280. The van der Waals surface area contributed by atoms with Crippen molar-refractivity contribution in [1.29, 1.82) is 0 Å². The fourth-order valence-corrected chi connectivity index (χ4v) is 3.34. The van der Waals surface area contributed by atoms with Crippen LogP contribution in [-0.4, -0.2) is 39.9 Å². The normalized spacial score (nSPS) is 12.1. The van der Waals surface area contributed by atoms with Crippen molar-refractivity contribution in [2.45, 2.75) is 20.0 Å². The van der Waals surface area contributed by atoms with Crippen LogP contribution in [0.4, 0.5) is 24.7 Å². The van der Waals surface area contributed by atoms with E-state index in [-0.39, 0.29) is 34.8 Å². The second-order valence-electron chi connectivity index (χ2n) is 6.80. The fraction of sp³-hybridized carbons (Fsp3) is 0.250. The Hall–Kier alpha value is -3.31. The van der Waals surface area contributed by atoms with Gasteiger partial charge in [-0.1, -0.05) is 11.6 Å². The number of anilines is 2. The van der Waals surface area contributed by atoms with Crippen molar-refractivity contribution in [3.05, 3.63) is 56.6 Å². The monoisotopic (exact) mass is 470 g/mol. The summed E-state index contributed by atoms with van der Waals surface area (Å²) in [5.74, 6) is -5.56. The van der Waals surface area contributed by atoms with Crippen molar-refractivity contribution >= 4 is 40.0 Å². The molecule has 170 valence electrons. The molecule has 0 aliphatic heterocycles. The molecule has 1 atom stereocenters. The van der Waals surface area contributed by atoms with Crippen LogP contribution in [0.25, 0.3) is 16.7 Å². The molecule has 3 rings (SSSR count). The molecule has 0 radical (unpaired) electrons. The number of rotatable bonds is 6. The van der Waals surface area contributed by atoms with Crippen molar-refractivity contribution in [1.82, 2.24) is 9.55 Å². The highest BCUT2D eigenvalue weighted by Gasteiger charge is 2.24. The van der Waals surface area contributed by atoms with E-state index in [0.717, 1.165) is 16.8 Å². The average Bonchev–Trinajstić information content (AvgIpc) is 2.71. The molecule has 0 aliphatic rings. The number of fused-ring (bicyclic) bond motifs is 1. The number of nitrogens with one attached hydrogen (secondary N) is 1. The molecule has 0 bridgehead atoms. The summed E-state index contributed by atoms with van der Waals surface area (Å²) >= 11 is 6.36. The van der Waals surface area contributed by atoms with E-state index in [1.807, 2.05) is 0 Å². The first kappa shape index (κ1) is 23.4. The maximum absolute atomic E-state index is 14.8. The molecular weight excluding hydrogens is 453 g/mol. The summed E-state index contributed by atoms with van der Waals surface area (Å²) in [6.07, 6.45) is 0.0405. The van der Waals surface area contributed by atoms with Crippen molar-refractivity contribution < 1.29 is 27.8 Å². The number of aliphatic hydroxyl groups is 1. The topological polar surface area (TPSA) is 119 Å². The second kappa shape index (κ2) is 9.05. The van der Waals surface area contributed by atoms with Crippen LogP contribution < -0.4 is 16.5 Å². The van der Waals surface area contributed by atoms with Crippen LogP contribution in [0.15, 0.2) is 23.1 Å². The van der Waals surface area contributed by atoms with Gasteiger partial charge in [-0.05, 0) is 19.9 Å². The minimum atomic E-state index is -1.18. The third-order valence-electron chi connectivity index (χ3n) is 4.42. The van der Waals surface area contributed by atoms with Gasteiger partial charge in [-0.15, -0.1) is 0 Å². The Kier molecular flexibility index (Phi) is 6.60. The zero-order valence-electron chi connectivity index (χ0n) is 16.9. The molecule has 0 aliphatic carbocycles. The molecule has 0 saturated carbocycles. The van der Waals surface area contributed by atoms with E-state index in [1.165, 1.54) is 13.8 Å². The van der Waals surface area contributed by atoms with Gasteiger partial charge in [0.2, 0.25) is 5.43 Å².